The zero-order valence-electron chi connectivity index (χ0n) is 17.0. The summed E-state index contributed by atoms with van der Waals surface area (Å²) in [7, 11) is 0. The molecule has 0 bridgehead atoms. The summed E-state index contributed by atoms with van der Waals surface area (Å²) in [6.45, 7) is 8.67. The van der Waals surface area contributed by atoms with Crippen LogP contribution < -0.4 is 0 Å². The molecule has 0 aliphatic heterocycles. The Labute approximate surface area is 175 Å². The van der Waals surface area contributed by atoms with Crippen molar-refractivity contribution in [1.29, 1.82) is 0 Å². The lowest BCUT2D eigenvalue weighted by Crippen LogP contribution is -2.38. The van der Waals surface area contributed by atoms with Crippen LogP contribution in [0, 0.1) is 5.92 Å². The summed E-state index contributed by atoms with van der Waals surface area (Å²) < 4.78 is 10.4. The summed E-state index contributed by atoms with van der Waals surface area (Å²) in [6, 6.07) is 0. The van der Waals surface area contributed by atoms with Gasteiger partial charge in [-0.1, -0.05) is 38.5 Å². The van der Waals surface area contributed by atoms with Crippen molar-refractivity contribution >= 4 is 17.5 Å². The first kappa shape index (κ1) is 23.6. The Balaban J connectivity index is 1.87. The van der Waals surface area contributed by atoms with Gasteiger partial charge in [0.2, 0.25) is 0 Å². The number of ether oxygens (including phenoxy) is 2. The molecule has 2 aliphatic rings. The molecule has 8 nitrogen and oxygen atoms in total. The van der Waals surface area contributed by atoms with Crippen molar-refractivity contribution in [3.63, 3.8) is 0 Å². The van der Waals surface area contributed by atoms with Crippen LogP contribution in [0.2, 0.25) is 0 Å². The fraction of sp³-hybridized carbons (Fsp3) is 0.500. The van der Waals surface area contributed by atoms with Crippen LogP contribution in [0.25, 0.3) is 0 Å². The smallest absolute Gasteiger partial charge is 0.373 e. The highest BCUT2D eigenvalue weighted by atomic mass is 16.6. The number of hydrogen-bond acceptors (Lipinski definition) is 8. The molecule has 0 amide bonds. The van der Waals surface area contributed by atoms with Crippen molar-refractivity contribution in [3.05, 3.63) is 48.0 Å². The fourth-order valence-electron chi connectivity index (χ4n) is 3.38. The van der Waals surface area contributed by atoms with Crippen molar-refractivity contribution < 1.29 is 39.2 Å². The number of fused-ring (bicyclic) bond motifs is 1. The van der Waals surface area contributed by atoms with Gasteiger partial charge in [-0.25, -0.2) is 4.79 Å². The zero-order chi connectivity index (χ0) is 22.4. The van der Waals surface area contributed by atoms with Gasteiger partial charge in [0.25, 0.3) is 0 Å². The van der Waals surface area contributed by atoms with Crippen LogP contribution >= 0.6 is 0 Å². The molecular formula is C22H28O8. The van der Waals surface area contributed by atoms with E-state index >= 15 is 0 Å². The summed E-state index contributed by atoms with van der Waals surface area (Å²) in [5.41, 5.74) is 0.379. The number of aliphatic hydroxyl groups is 3. The second-order valence-corrected chi connectivity index (χ2v) is 7.45. The van der Waals surface area contributed by atoms with Gasteiger partial charge in [-0.15, -0.1) is 0 Å². The van der Waals surface area contributed by atoms with Gasteiger partial charge in [0.1, 0.15) is 24.9 Å². The number of carbonyl (C=O) groups is 3. The molecule has 0 unspecified atom stereocenters. The minimum absolute atomic E-state index is 0.0369. The SMILES string of the molecule is C=C(O[C@H]1[C@H](O)C=CC2=C(O)C(=O)C[C@H]21)C(=O)OCC(=C)[C@@H](O)C(=O)CCCCC. The molecule has 30 heavy (non-hydrogen) atoms. The monoisotopic (exact) mass is 420 g/mol. The molecule has 0 saturated heterocycles. The van der Waals surface area contributed by atoms with Gasteiger partial charge in [0, 0.05) is 24.3 Å². The Kier molecular flexibility index (Phi) is 8.14. The van der Waals surface area contributed by atoms with Gasteiger partial charge < -0.3 is 24.8 Å². The second kappa shape index (κ2) is 10.4. The average Bonchev–Trinajstić information content (AvgIpc) is 3.01. The van der Waals surface area contributed by atoms with Crippen molar-refractivity contribution in [1.82, 2.24) is 0 Å². The molecular weight excluding hydrogens is 392 g/mol. The first-order valence-corrected chi connectivity index (χ1v) is 9.91. The van der Waals surface area contributed by atoms with E-state index in [0.29, 0.717) is 12.0 Å². The molecule has 0 saturated carbocycles. The molecule has 0 aromatic carbocycles. The van der Waals surface area contributed by atoms with Crippen molar-refractivity contribution in [2.45, 2.75) is 57.3 Å². The molecule has 0 radical (unpaired) electrons. The van der Waals surface area contributed by atoms with Gasteiger partial charge in [0.15, 0.2) is 23.1 Å². The molecule has 2 rings (SSSR count). The lowest BCUT2D eigenvalue weighted by molar-refractivity contribution is -0.145. The maximum Gasteiger partial charge on any atom is 0.373 e. The molecule has 0 aromatic rings. The number of ketones is 2. The highest BCUT2D eigenvalue weighted by molar-refractivity contribution is 5.97. The quantitative estimate of drug-likeness (QED) is 0.152. The normalized spacial score (nSPS) is 23.7. The predicted molar refractivity (Wildman–Crippen MR) is 107 cm³/mol. The minimum atomic E-state index is -1.42. The van der Waals surface area contributed by atoms with Crippen LogP contribution in [0.5, 0.6) is 0 Å². The Morgan fingerprint density at radius 1 is 1.30 bits per heavy atom. The molecule has 164 valence electrons. The third-order valence-electron chi connectivity index (χ3n) is 5.16. The van der Waals surface area contributed by atoms with Gasteiger partial charge >= 0.3 is 5.97 Å². The maximum absolute atomic E-state index is 12.2. The summed E-state index contributed by atoms with van der Waals surface area (Å²) in [5.74, 6) is -3.21. The first-order chi connectivity index (χ1) is 14.2. The van der Waals surface area contributed by atoms with Crippen molar-refractivity contribution in [2.24, 2.45) is 5.92 Å². The Morgan fingerprint density at radius 2 is 2.00 bits per heavy atom. The third-order valence-corrected chi connectivity index (χ3v) is 5.16. The minimum Gasteiger partial charge on any atom is -0.504 e. The van der Waals surface area contributed by atoms with E-state index in [9.17, 15) is 29.7 Å². The Hall–Kier alpha value is -2.71. The third kappa shape index (κ3) is 5.46. The number of rotatable bonds is 11. The number of allylic oxidation sites excluding steroid dienone is 2. The molecule has 0 fully saturated rings. The van der Waals surface area contributed by atoms with Crippen LogP contribution in [0.4, 0.5) is 0 Å². The van der Waals surface area contributed by atoms with E-state index in [2.05, 4.69) is 13.2 Å². The van der Waals surface area contributed by atoms with E-state index < -0.39 is 48.3 Å². The first-order valence-electron chi connectivity index (χ1n) is 9.91. The van der Waals surface area contributed by atoms with Crippen LogP contribution in [0.15, 0.2) is 48.0 Å². The molecule has 0 heterocycles. The number of hydrogen-bond donors (Lipinski definition) is 3. The van der Waals surface area contributed by atoms with E-state index in [1.54, 1.807) is 0 Å². The highest BCUT2D eigenvalue weighted by Crippen LogP contribution is 2.38. The predicted octanol–water partition coefficient (Wildman–Crippen LogP) is 1.83. The number of Topliss-reactive ketones (excluding diaryl/α,β-unsaturated/α-hetero) is 2. The summed E-state index contributed by atoms with van der Waals surface area (Å²) >= 11 is 0. The number of unbranched alkanes of at least 4 members (excludes halogenated alkanes) is 2. The van der Waals surface area contributed by atoms with Crippen LogP contribution in [0.3, 0.4) is 0 Å². The highest BCUT2D eigenvalue weighted by Gasteiger charge is 2.43. The Bertz CT molecular complexity index is 791. The van der Waals surface area contributed by atoms with Gasteiger partial charge in [-0.05, 0) is 18.6 Å². The molecule has 3 N–H and O–H groups in total. The average molecular weight is 420 g/mol. The van der Waals surface area contributed by atoms with Crippen LogP contribution in [0.1, 0.15) is 39.0 Å². The molecule has 2 aliphatic carbocycles. The lowest BCUT2D eigenvalue weighted by atomic mass is 9.86. The summed E-state index contributed by atoms with van der Waals surface area (Å²) in [4.78, 5) is 35.8. The molecule has 8 heteroatoms. The number of aliphatic hydroxyl groups excluding tert-OH is 3. The van der Waals surface area contributed by atoms with Gasteiger partial charge in [0.05, 0.1) is 0 Å². The maximum atomic E-state index is 12.2. The van der Waals surface area contributed by atoms with E-state index in [-0.39, 0.29) is 30.0 Å². The number of carbonyl (C=O) groups excluding carboxylic acids is 3. The van der Waals surface area contributed by atoms with E-state index in [1.165, 1.54) is 12.2 Å². The summed E-state index contributed by atoms with van der Waals surface area (Å²) in [6.07, 6.45) is 1.93. The van der Waals surface area contributed by atoms with Crippen LogP contribution in [-0.4, -0.2) is 57.8 Å². The second-order valence-electron chi connectivity index (χ2n) is 7.45. The number of esters is 1. The van der Waals surface area contributed by atoms with E-state index in [0.717, 1.165) is 12.8 Å². The lowest BCUT2D eigenvalue weighted by Gasteiger charge is -2.31. The fourth-order valence-corrected chi connectivity index (χ4v) is 3.38. The van der Waals surface area contributed by atoms with Gasteiger partial charge in [-0.3, -0.25) is 9.59 Å². The van der Waals surface area contributed by atoms with Crippen molar-refractivity contribution in [2.75, 3.05) is 6.61 Å². The van der Waals surface area contributed by atoms with Gasteiger partial charge in [-0.2, -0.15) is 0 Å². The standard InChI is InChI=1S/C22H28O8/c1-4-5-6-7-16(23)19(26)12(2)11-29-22(28)13(3)30-21-15-10-18(25)20(27)14(15)8-9-17(21)24/h8-9,15,17,19,21,24,26-27H,2-7,10-11H2,1H3/t15-,17-,19-,21-/m1/s1. The van der Waals surface area contributed by atoms with E-state index in [1.807, 2.05) is 6.92 Å². The largest absolute Gasteiger partial charge is 0.504 e. The topological polar surface area (TPSA) is 130 Å². The van der Waals surface area contributed by atoms with E-state index in [4.69, 9.17) is 9.47 Å². The van der Waals surface area contributed by atoms with Crippen LogP contribution in [-0.2, 0) is 23.9 Å². The molecule has 4 atom stereocenters. The molecule has 0 aromatic heterocycles. The zero-order valence-corrected chi connectivity index (χ0v) is 17.0. The molecule has 0 spiro atoms. The van der Waals surface area contributed by atoms with Crippen molar-refractivity contribution in [3.8, 4) is 0 Å². The summed E-state index contributed by atoms with van der Waals surface area (Å²) in [5, 5.41) is 30.0. The Morgan fingerprint density at radius 3 is 2.67 bits per heavy atom.